The number of hydrogen-bond acceptors (Lipinski definition) is 2. The Balaban J connectivity index is 1.54. The van der Waals surface area contributed by atoms with E-state index in [1.54, 1.807) is 11.9 Å². The van der Waals surface area contributed by atoms with Crippen molar-refractivity contribution < 1.29 is 9.59 Å². The molecule has 1 N–H and O–H groups in total. The summed E-state index contributed by atoms with van der Waals surface area (Å²) in [5.74, 6) is -0.117. The molecule has 130 valence electrons. The summed E-state index contributed by atoms with van der Waals surface area (Å²) in [6.45, 7) is 0.513. The molecule has 0 saturated heterocycles. The molecule has 5 heteroatoms. The number of hydrogen-bond donors (Lipinski definition) is 1. The van der Waals surface area contributed by atoms with Crippen molar-refractivity contribution in [1.29, 1.82) is 0 Å². The molecule has 0 aliphatic carbocycles. The van der Waals surface area contributed by atoms with Gasteiger partial charge in [-0.15, -0.1) is 0 Å². The van der Waals surface area contributed by atoms with Crippen molar-refractivity contribution in [3.63, 3.8) is 0 Å². The van der Waals surface area contributed by atoms with Crippen LogP contribution in [0.2, 0.25) is 5.02 Å². The first kappa shape index (κ1) is 17.5. The predicted octanol–water partition coefficient (Wildman–Crippen LogP) is 3.89. The first-order valence-corrected chi connectivity index (χ1v) is 8.78. The Morgan fingerprint density at radius 3 is 2.84 bits per heavy atom. The summed E-state index contributed by atoms with van der Waals surface area (Å²) < 4.78 is 0. The van der Waals surface area contributed by atoms with E-state index in [2.05, 4.69) is 5.32 Å². The maximum Gasteiger partial charge on any atom is 0.227 e. The monoisotopic (exact) mass is 356 g/mol. The van der Waals surface area contributed by atoms with Gasteiger partial charge in [0.25, 0.3) is 0 Å². The SMILES string of the molecule is CN(Cc1cccc(Cl)c1)C(=O)CC[C@H]1Cc2ccccc2NC1=O. The summed E-state index contributed by atoms with van der Waals surface area (Å²) >= 11 is 5.98. The Morgan fingerprint density at radius 1 is 1.24 bits per heavy atom. The third kappa shape index (κ3) is 4.40. The largest absolute Gasteiger partial charge is 0.341 e. The fourth-order valence-electron chi connectivity index (χ4n) is 3.13. The topological polar surface area (TPSA) is 49.4 Å². The molecule has 0 radical (unpaired) electrons. The van der Waals surface area contributed by atoms with Gasteiger partial charge in [-0.3, -0.25) is 9.59 Å². The lowest BCUT2D eigenvalue weighted by atomic mass is 9.89. The second-order valence-electron chi connectivity index (χ2n) is 6.47. The minimum Gasteiger partial charge on any atom is -0.341 e. The summed E-state index contributed by atoms with van der Waals surface area (Å²) in [5, 5.41) is 3.59. The van der Waals surface area contributed by atoms with Crippen molar-refractivity contribution in [1.82, 2.24) is 4.90 Å². The molecule has 2 amide bonds. The number of nitrogens with one attached hydrogen (secondary N) is 1. The smallest absolute Gasteiger partial charge is 0.227 e. The molecule has 4 nitrogen and oxygen atoms in total. The Morgan fingerprint density at radius 2 is 2.04 bits per heavy atom. The van der Waals surface area contributed by atoms with Gasteiger partial charge in [-0.05, 0) is 42.2 Å². The molecule has 0 aromatic heterocycles. The standard InChI is InChI=1S/C20H21ClN2O2/c1-23(13-14-5-4-7-17(21)11-14)19(24)10-9-16-12-15-6-2-3-8-18(15)22-20(16)25/h2-8,11,16H,9-10,12-13H2,1H3,(H,22,25)/t16-/m0/s1. The molecule has 0 fully saturated rings. The number of carbonyl (C=O) groups excluding carboxylic acids is 2. The highest BCUT2D eigenvalue weighted by molar-refractivity contribution is 6.30. The highest BCUT2D eigenvalue weighted by Gasteiger charge is 2.26. The summed E-state index contributed by atoms with van der Waals surface area (Å²) in [6.07, 6.45) is 1.60. The van der Waals surface area contributed by atoms with Crippen molar-refractivity contribution >= 4 is 29.1 Å². The minimum absolute atomic E-state index is 0.00370. The van der Waals surface area contributed by atoms with Crippen LogP contribution in [-0.4, -0.2) is 23.8 Å². The summed E-state index contributed by atoms with van der Waals surface area (Å²) in [6, 6.07) is 15.3. The van der Waals surface area contributed by atoms with Gasteiger partial charge in [-0.2, -0.15) is 0 Å². The van der Waals surface area contributed by atoms with Gasteiger partial charge in [0, 0.05) is 36.6 Å². The van der Waals surface area contributed by atoms with Gasteiger partial charge in [0.05, 0.1) is 0 Å². The molecule has 3 rings (SSSR count). The second kappa shape index (κ2) is 7.70. The normalized spacial score (nSPS) is 16.1. The number of nitrogens with zero attached hydrogens (tertiary/aromatic N) is 1. The second-order valence-corrected chi connectivity index (χ2v) is 6.90. The van der Waals surface area contributed by atoms with E-state index in [-0.39, 0.29) is 17.7 Å². The van der Waals surface area contributed by atoms with Gasteiger partial charge < -0.3 is 10.2 Å². The van der Waals surface area contributed by atoms with E-state index in [0.29, 0.717) is 30.8 Å². The van der Waals surface area contributed by atoms with Crippen LogP contribution in [-0.2, 0) is 22.6 Å². The van der Waals surface area contributed by atoms with Crippen LogP contribution in [0.25, 0.3) is 0 Å². The lowest BCUT2D eigenvalue weighted by Gasteiger charge is -2.25. The van der Waals surface area contributed by atoms with E-state index in [1.807, 2.05) is 48.5 Å². The number of rotatable bonds is 5. The van der Waals surface area contributed by atoms with Crippen LogP contribution >= 0.6 is 11.6 Å². The predicted molar refractivity (Wildman–Crippen MR) is 99.4 cm³/mol. The van der Waals surface area contributed by atoms with Gasteiger partial charge in [0.2, 0.25) is 11.8 Å². The molecular weight excluding hydrogens is 336 g/mol. The van der Waals surface area contributed by atoms with Crippen molar-refractivity contribution in [2.75, 3.05) is 12.4 Å². The highest BCUT2D eigenvalue weighted by atomic mass is 35.5. The van der Waals surface area contributed by atoms with Crippen molar-refractivity contribution in [2.24, 2.45) is 5.92 Å². The number of fused-ring (bicyclic) bond motifs is 1. The van der Waals surface area contributed by atoms with Crippen LogP contribution < -0.4 is 5.32 Å². The van der Waals surface area contributed by atoms with Crippen molar-refractivity contribution in [3.05, 3.63) is 64.7 Å². The minimum atomic E-state index is -0.154. The molecule has 1 atom stereocenters. The van der Waals surface area contributed by atoms with E-state index < -0.39 is 0 Å². The lowest BCUT2D eigenvalue weighted by Crippen LogP contribution is -2.32. The zero-order valence-corrected chi connectivity index (χ0v) is 14.9. The number of anilines is 1. The Hall–Kier alpha value is -2.33. The number of benzene rings is 2. The van der Waals surface area contributed by atoms with E-state index >= 15 is 0 Å². The van der Waals surface area contributed by atoms with Crippen LogP contribution in [0.5, 0.6) is 0 Å². The van der Waals surface area contributed by atoms with Crippen molar-refractivity contribution in [2.45, 2.75) is 25.8 Å². The number of halogens is 1. The zero-order valence-electron chi connectivity index (χ0n) is 14.2. The molecule has 0 bridgehead atoms. The molecule has 0 saturated carbocycles. The van der Waals surface area contributed by atoms with Gasteiger partial charge in [-0.25, -0.2) is 0 Å². The van der Waals surface area contributed by atoms with E-state index in [4.69, 9.17) is 11.6 Å². The Kier molecular flexibility index (Phi) is 5.39. The van der Waals surface area contributed by atoms with Crippen LogP contribution in [0, 0.1) is 5.92 Å². The number of carbonyl (C=O) groups is 2. The van der Waals surface area contributed by atoms with Gasteiger partial charge in [-0.1, -0.05) is 41.9 Å². The van der Waals surface area contributed by atoms with Crippen LogP contribution in [0.4, 0.5) is 5.69 Å². The van der Waals surface area contributed by atoms with Gasteiger partial charge >= 0.3 is 0 Å². The molecule has 1 heterocycles. The maximum atomic E-state index is 12.4. The van der Waals surface area contributed by atoms with Crippen LogP contribution in [0.15, 0.2) is 48.5 Å². The zero-order chi connectivity index (χ0) is 17.8. The van der Waals surface area contributed by atoms with Gasteiger partial charge in [0.15, 0.2) is 0 Å². The third-order valence-corrected chi connectivity index (χ3v) is 4.79. The number of para-hydroxylation sites is 1. The average Bonchev–Trinajstić information content (AvgIpc) is 2.59. The Bertz CT molecular complexity index is 791. The fourth-order valence-corrected chi connectivity index (χ4v) is 3.35. The van der Waals surface area contributed by atoms with E-state index in [9.17, 15) is 9.59 Å². The van der Waals surface area contributed by atoms with Crippen LogP contribution in [0.1, 0.15) is 24.0 Å². The maximum absolute atomic E-state index is 12.4. The average molecular weight is 357 g/mol. The van der Waals surface area contributed by atoms with E-state index in [0.717, 1.165) is 16.8 Å². The third-order valence-electron chi connectivity index (χ3n) is 4.55. The molecule has 1 aliphatic heterocycles. The molecule has 1 aliphatic rings. The van der Waals surface area contributed by atoms with Gasteiger partial charge in [0.1, 0.15) is 0 Å². The quantitative estimate of drug-likeness (QED) is 0.883. The summed E-state index contributed by atoms with van der Waals surface area (Å²) in [4.78, 5) is 26.3. The summed E-state index contributed by atoms with van der Waals surface area (Å²) in [5.41, 5.74) is 3.01. The molecular formula is C20H21ClN2O2. The lowest BCUT2D eigenvalue weighted by molar-refractivity contribution is -0.131. The first-order chi connectivity index (χ1) is 12.0. The fraction of sp³-hybridized carbons (Fsp3) is 0.300. The number of amides is 2. The summed E-state index contributed by atoms with van der Waals surface area (Å²) in [7, 11) is 1.78. The Labute approximate surface area is 152 Å². The van der Waals surface area contributed by atoms with E-state index in [1.165, 1.54) is 0 Å². The highest BCUT2D eigenvalue weighted by Crippen LogP contribution is 2.27. The molecule has 0 spiro atoms. The van der Waals surface area contributed by atoms with Crippen molar-refractivity contribution in [3.8, 4) is 0 Å². The molecule has 25 heavy (non-hydrogen) atoms. The first-order valence-electron chi connectivity index (χ1n) is 8.40. The molecule has 2 aromatic rings. The van der Waals surface area contributed by atoms with Crippen LogP contribution in [0.3, 0.4) is 0 Å². The molecule has 2 aromatic carbocycles. The molecule has 0 unspecified atom stereocenters.